The van der Waals surface area contributed by atoms with Crippen LogP contribution < -0.4 is 0 Å². The van der Waals surface area contributed by atoms with Gasteiger partial charge in [-0.15, -0.1) is 0 Å². The van der Waals surface area contributed by atoms with Crippen LogP contribution in [0.2, 0.25) is 0 Å². The second kappa shape index (κ2) is 3.59. The zero-order chi connectivity index (χ0) is 9.10. The van der Waals surface area contributed by atoms with Crippen LogP contribution in [0, 0.1) is 11.3 Å². The Labute approximate surface area is 78.4 Å². The molecule has 1 heterocycles. The molecule has 0 spiro atoms. The van der Waals surface area contributed by atoms with Crippen molar-refractivity contribution in [3.8, 4) is 6.07 Å². The van der Waals surface area contributed by atoms with E-state index in [-0.39, 0.29) is 6.04 Å². The first-order valence-corrected chi connectivity index (χ1v) is 4.58. The fraction of sp³-hybridized carbons (Fsp3) is 0.364. The van der Waals surface area contributed by atoms with Gasteiger partial charge < -0.3 is 0 Å². The lowest BCUT2D eigenvalue weighted by Crippen LogP contribution is -2.05. The van der Waals surface area contributed by atoms with E-state index < -0.39 is 0 Å². The van der Waals surface area contributed by atoms with E-state index >= 15 is 0 Å². The number of nitriles is 1. The van der Waals surface area contributed by atoms with Crippen LogP contribution in [0.5, 0.6) is 0 Å². The fourth-order valence-corrected chi connectivity index (χ4v) is 1.46. The van der Waals surface area contributed by atoms with Crippen molar-refractivity contribution in [1.29, 1.82) is 5.26 Å². The summed E-state index contributed by atoms with van der Waals surface area (Å²) in [5.41, 5.74) is 1.35. The lowest BCUT2D eigenvalue weighted by Gasteiger charge is -2.00. The molecular weight excluding hydrogens is 160 g/mol. The van der Waals surface area contributed by atoms with Crippen molar-refractivity contribution in [3.63, 3.8) is 0 Å². The minimum Gasteiger partial charge on any atom is -0.284 e. The molecule has 1 saturated heterocycles. The number of hydrogen-bond donors (Lipinski definition) is 0. The van der Waals surface area contributed by atoms with Crippen LogP contribution >= 0.6 is 0 Å². The third-order valence-electron chi connectivity index (χ3n) is 2.39. The fourth-order valence-electron chi connectivity index (χ4n) is 1.46. The molecule has 2 unspecified atom stereocenters. The third-order valence-corrected chi connectivity index (χ3v) is 2.39. The Morgan fingerprint density at radius 1 is 1.38 bits per heavy atom. The van der Waals surface area contributed by atoms with Gasteiger partial charge in [0.15, 0.2) is 0 Å². The lowest BCUT2D eigenvalue weighted by molar-refractivity contribution is 0.538. The largest absolute Gasteiger partial charge is 0.284 e. The predicted octanol–water partition coefficient (Wildman–Crippen LogP) is 1.44. The van der Waals surface area contributed by atoms with Crippen molar-refractivity contribution < 1.29 is 0 Å². The van der Waals surface area contributed by atoms with Gasteiger partial charge in [-0.05, 0) is 12.0 Å². The van der Waals surface area contributed by atoms with E-state index in [9.17, 15) is 0 Å². The van der Waals surface area contributed by atoms with Gasteiger partial charge in [0.25, 0.3) is 0 Å². The first-order chi connectivity index (χ1) is 6.40. The van der Waals surface area contributed by atoms with Crippen molar-refractivity contribution in [1.82, 2.24) is 4.90 Å². The quantitative estimate of drug-likeness (QED) is 0.645. The van der Waals surface area contributed by atoms with Gasteiger partial charge in [0.2, 0.25) is 0 Å². The molecule has 0 saturated carbocycles. The normalized spacial score (nSPS) is 25.2. The van der Waals surface area contributed by atoms with Gasteiger partial charge in [-0.25, -0.2) is 0 Å². The highest BCUT2D eigenvalue weighted by Gasteiger charge is 2.32. The number of nitrogens with zero attached hydrogens (tertiary/aromatic N) is 2. The molecule has 1 fully saturated rings. The first-order valence-electron chi connectivity index (χ1n) is 4.58. The van der Waals surface area contributed by atoms with E-state index in [4.69, 9.17) is 5.26 Å². The second-order valence-corrected chi connectivity index (χ2v) is 3.38. The van der Waals surface area contributed by atoms with Crippen molar-refractivity contribution in [2.45, 2.75) is 12.5 Å². The molecule has 1 aliphatic heterocycles. The Morgan fingerprint density at radius 3 is 2.77 bits per heavy atom. The maximum absolute atomic E-state index is 8.58. The highest BCUT2D eigenvalue weighted by Crippen LogP contribution is 2.16. The molecule has 0 N–H and O–H groups in total. The van der Waals surface area contributed by atoms with Gasteiger partial charge in [-0.1, -0.05) is 30.3 Å². The molecule has 0 aromatic heterocycles. The molecule has 2 rings (SSSR count). The van der Waals surface area contributed by atoms with Gasteiger partial charge >= 0.3 is 0 Å². The number of hydrogen-bond acceptors (Lipinski definition) is 2. The minimum atomic E-state index is 0.198. The van der Waals surface area contributed by atoms with Crippen LogP contribution in [-0.2, 0) is 6.42 Å². The zero-order valence-corrected chi connectivity index (χ0v) is 7.48. The number of benzene rings is 1. The summed E-state index contributed by atoms with van der Waals surface area (Å²) in [6, 6.07) is 12.8. The smallest absolute Gasteiger partial charge is 0.111 e. The highest BCUT2D eigenvalue weighted by molar-refractivity contribution is 5.16. The molecule has 0 bridgehead atoms. The monoisotopic (exact) mass is 172 g/mol. The van der Waals surface area contributed by atoms with E-state index in [2.05, 4.69) is 35.2 Å². The molecule has 2 heteroatoms. The van der Waals surface area contributed by atoms with Crippen molar-refractivity contribution in [3.05, 3.63) is 35.9 Å². The SMILES string of the molecule is N#CC1CN1CCc1ccccc1. The summed E-state index contributed by atoms with van der Waals surface area (Å²) >= 11 is 0. The summed E-state index contributed by atoms with van der Waals surface area (Å²) in [6.07, 6.45) is 1.05. The maximum Gasteiger partial charge on any atom is 0.111 e. The molecule has 1 aromatic rings. The number of rotatable bonds is 3. The highest BCUT2D eigenvalue weighted by atomic mass is 15.3. The van der Waals surface area contributed by atoms with Crippen LogP contribution in [0.3, 0.4) is 0 Å². The van der Waals surface area contributed by atoms with Gasteiger partial charge in [0.05, 0.1) is 6.07 Å². The van der Waals surface area contributed by atoms with Crippen LogP contribution in [0.4, 0.5) is 0 Å². The van der Waals surface area contributed by atoms with Gasteiger partial charge in [-0.3, -0.25) is 4.90 Å². The molecule has 13 heavy (non-hydrogen) atoms. The predicted molar refractivity (Wildman–Crippen MR) is 51.1 cm³/mol. The average Bonchev–Trinajstić information content (AvgIpc) is 2.95. The molecule has 1 aliphatic rings. The van der Waals surface area contributed by atoms with Gasteiger partial charge in [0.1, 0.15) is 6.04 Å². The Hall–Kier alpha value is -1.33. The molecule has 1 aromatic carbocycles. The van der Waals surface area contributed by atoms with E-state index in [0.29, 0.717) is 0 Å². The maximum atomic E-state index is 8.58. The van der Waals surface area contributed by atoms with Crippen LogP contribution in [0.15, 0.2) is 30.3 Å². The summed E-state index contributed by atoms with van der Waals surface area (Å²) in [5.74, 6) is 0. The Bertz CT molecular complexity index is 313. The van der Waals surface area contributed by atoms with Crippen molar-refractivity contribution in [2.24, 2.45) is 0 Å². The Balaban J connectivity index is 1.79. The van der Waals surface area contributed by atoms with E-state index in [1.165, 1.54) is 5.56 Å². The average molecular weight is 172 g/mol. The molecule has 2 atom stereocenters. The van der Waals surface area contributed by atoms with E-state index in [0.717, 1.165) is 19.5 Å². The summed E-state index contributed by atoms with van der Waals surface area (Å²) in [6.45, 7) is 1.98. The summed E-state index contributed by atoms with van der Waals surface area (Å²) in [7, 11) is 0. The minimum absolute atomic E-state index is 0.198. The Morgan fingerprint density at radius 2 is 2.15 bits per heavy atom. The molecular formula is C11H12N2. The van der Waals surface area contributed by atoms with Crippen molar-refractivity contribution in [2.75, 3.05) is 13.1 Å². The van der Waals surface area contributed by atoms with Crippen LogP contribution in [0.1, 0.15) is 5.56 Å². The Kier molecular flexibility index (Phi) is 2.29. The van der Waals surface area contributed by atoms with Gasteiger partial charge in [0, 0.05) is 13.1 Å². The topological polar surface area (TPSA) is 26.8 Å². The first kappa shape index (κ1) is 8.28. The summed E-state index contributed by atoms with van der Waals surface area (Å²) in [5, 5.41) is 8.58. The molecule has 66 valence electrons. The van der Waals surface area contributed by atoms with Crippen molar-refractivity contribution >= 4 is 0 Å². The standard InChI is InChI=1S/C11H12N2/c12-8-11-9-13(11)7-6-10-4-2-1-3-5-10/h1-5,11H,6-7,9H2. The third kappa shape index (κ3) is 2.07. The molecule has 2 nitrogen and oxygen atoms in total. The van der Waals surface area contributed by atoms with Gasteiger partial charge in [-0.2, -0.15) is 5.26 Å². The van der Waals surface area contributed by atoms with E-state index in [1.807, 2.05) is 6.07 Å². The zero-order valence-electron chi connectivity index (χ0n) is 7.48. The lowest BCUT2D eigenvalue weighted by atomic mass is 10.1. The molecule has 0 radical (unpaired) electrons. The molecule has 0 aliphatic carbocycles. The second-order valence-electron chi connectivity index (χ2n) is 3.38. The van der Waals surface area contributed by atoms with E-state index in [1.54, 1.807) is 0 Å². The van der Waals surface area contributed by atoms with Crippen LogP contribution in [0.25, 0.3) is 0 Å². The summed E-state index contributed by atoms with van der Waals surface area (Å²) < 4.78 is 0. The van der Waals surface area contributed by atoms with Crippen LogP contribution in [-0.4, -0.2) is 24.0 Å². The molecule has 0 amide bonds. The summed E-state index contributed by atoms with van der Waals surface area (Å²) in [4.78, 5) is 2.19.